The van der Waals surface area contributed by atoms with Gasteiger partial charge in [0.2, 0.25) is 11.2 Å². The van der Waals surface area contributed by atoms with Crippen molar-refractivity contribution in [3.8, 4) is 11.3 Å². The maximum Gasteiger partial charge on any atom is 0.213 e. The second kappa shape index (κ2) is 5.42. The summed E-state index contributed by atoms with van der Waals surface area (Å²) in [5, 5.41) is 1.35. The van der Waals surface area contributed by atoms with Gasteiger partial charge in [0.1, 0.15) is 7.05 Å². The fraction of sp³-hybridized carbons (Fsp3) is 0.375. The lowest BCUT2D eigenvalue weighted by atomic mass is 9.66. The van der Waals surface area contributed by atoms with Gasteiger partial charge in [-0.1, -0.05) is 18.2 Å². The Morgan fingerprint density at radius 3 is 2.20 bits per heavy atom. The Kier molecular flexibility index (Phi) is 3.28. The van der Waals surface area contributed by atoms with Gasteiger partial charge in [0, 0.05) is 23.1 Å². The quantitative estimate of drug-likeness (QED) is 0.504. The molecule has 1 aromatic heterocycles. The van der Waals surface area contributed by atoms with Gasteiger partial charge in [0.25, 0.3) is 0 Å². The van der Waals surface area contributed by atoms with Gasteiger partial charge >= 0.3 is 0 Å². The Hall–Kier alpha value is -2.15. The van der Waals surface area contributed by atoms with Crippen LogP contribution in [0.5, 0.6) is 0 Å². The molecular formula is C24H26N+. The third-order valence-electron chi connectivity index (χ3n) is 6.74. The number of aromatic nitrogens is 1. The molecule has 3 aliphatic carbocycles. The average Bonchev–Trinajstić information content (AvgIpc) is 2.63. The van der Waals surface area contributed by atoms with Crippen molar-refractivity contribution < 1.29 is 4.57 Å². The molecule has 1 heteroatoms. The van der Waals surface area contributed by atoms with Gasteiger partial charge in [-0.3, -0.25) is 0 Å². The van der Waals surface area contributed by atoms with Crippen molar-refractivity contribution in [2.24, 2.45) is 7.05 Å². The molecular weight excluding hydrogens is 302 g/mol. The van der Waals surface area contributed by atoms with Crippen LogP contribution in [-0.4, -0.2) is 0 Å². The van der Waals surface area contributed by atoms with E-state index >= 15 is 0 Å². The van der Waals surface area contributed by atoms with E-state index in [1.54, 1.807) is 11.1 Å². The molecule has 2 bridgehead atoms. The van der Waals surface area contributed by atoms with Crippen LogP contribution in [0.2, 0.25) is 0 Å². The van der Waals surface area contributed by atoms with E-state index in [1.165, 1.54) is 59.0 Å². The first-order valence-corrected chi connectivity index (χ1v) is 9.66. The van der Waals surface area contributed by atoms with Crippen LogP contribution in [0.4, 0.5) is 0 Å². The molecule has 0 radical (unpaired) electrons. The Morgan fingerprint density at radius 1 is 0.800 bits per heavy atom. The Bertz CT molecular complexity index is 991. The fourth-order valence-corrected chi connectivity index (χ4v) is 5.29. The van der Waals surface area contributed by atoms with Crippen molar-refractivity contribution in [1.82, 2.24) is 0 Å². The summed E-state index contributed by atoms with van der Waals surface area (Å²) < 4.78 is 2.37. The summed E-state index contributed by atoms with van der Waals surface area (Å²) in [5.74, 6) is 1.62. The fourth-order valence-electron chi connectivity index (χ4n) is 5.29. The van der Waals surface area contributed by atoms with Crippen molar-refractivity contribution in [2.75, 3.05) is 0 Å². The molecule has 1 fully saturated rings. The van der Waals surface area contributed by atoms with Crippen molar-refractivity contribution >= 4 is 10.9 Å². The average molecular weight is 328 g/mol. The normalized spacial score (nSPS) is 21.6. The van der Waals surface area contributed by atoms with Gasteiger partial charge < -0.3 is 0 Å². The standard InChI is InChI=1S/C24H26N/c1-15-5-4-6-23-19(15)11-12-24(25(23)3)20-14-22-18-9-7-17(8-10-18)21(22)13-16(20)2/h4-6,11-14,17-18H,7-10H2,1-3H3/q+1. The lowest BCUT2D eigenvalue weighted by Gasteiger charge is -2.38. The van der Waals surface area contributed by atoms with E-state index < -0.39 is 0 Å². The van der Waals surface area contributed by atoms with Crippen LogP contribution in [0.25, 0.3) is 22.2 Å². The molecule has 0 atom stereocenters. The topological polar surface area (TPSA) is 3.88 Å². The van der Waals surface area contributed by atoms with Crippen LogP contribution >= 0.6 is 0 Å². The zero-order valence-electron chi connectivity index (χ0n) is 15.5. The lowest BCUT2D eigenvalue weighted by molar-refractivity contribution is -0.633. The maximum absolute atomic E-state index is 2.53. The van der Waals surface area contributed by atoms with Crippen molar-refractivity contribution in [3.63, 3.8) is 0 Å². The molecule has 3 aromatic rings. The van der Waals surface area contributed by atoms with Crippen LogP contribution in [0.1, 0.15) is 59.8 Å². The van der Waals surface area contributed by atoms with Crippen LogP contribution in [0.15, 0.2) is 42.5 Å². The molecule has 0 saturated heterocycles. The molecule has 6 rings (SSSR count). The number of pyridine rings is 1. The third kappa shape index (κ3) is 2.18. The number of hydrogen-bond acceptors (Lipinski definition) is 0. The van der Waals surface area contributed by atoms with Gasteiger partial charge in [0.15, 0.2) is 0 Å². The maximum atomic E-state index is 2.53. The van der Waals surface area contributed by atoms with E-state index in [1.807, 2.05) is 0 Å². The summed E-state index contributed by atoms with van der Waals surface area (Å²) in [7, 11) is 2.21. The predicted molar refractivity (Wildman–Crippen MR) is 104 cm³/mol. The lowest BCUT2D eigenvalue weighted by Crippen LogP contribution is -2.32. The number of nitrogens with zero attached hydrogens (tertiary/aromatic N) is 1. The summed E-state index contributed by atoms with van der Waals surface area (Å²) in [6, 6.07) is 16.2. The Morgan fingerprint density at radius 2 is 1.48 bits per heavy atom. The van der Waals surface area contributed by atoms with Crippen LogP contribution in [-0.2, 0) is 7.05 Å². The zero-order valence-corrected chi connectivity index (χ0v) is 15.5. The first kappa shape index (κ1) is 15.1. The zero-order chi connectivity index (χ0) is 17.1. The number of aryl methyl sites for hydroxylation is 3. The summed E-state index contributed by atoms with van der Waals surface area (Å²) >= 11 is 0. The van der Waals surface area contributed by atoms with Gasteiger partial charge in [-0.25, -0.2) is 0 Å². The Balaban J connectivity index is 1.73. The van der Waals surface area contributed by atoms with Gasteiger partial charge in [-0.15, -0.1) is 0 Å². The molecule has 0 aliphatic heterocycles. The first-order valence-electron chi connectivity index (χ1n) is 9.66. The number of hydrogen-bond donors (Lipinski definition) is 0. The second-order valence-corrected chi connectivity index (χ2v) is 8.13. The molecule has 1 heterocycles. The van der Waals surface area contributed by atoms with E-state index in [2.05, 4.69) is 67.9 Å². The molecule has 0 N–H and O–H groups in total. The molecule has 1 nitrogen and oxygen atoms in total. The van der Waals surface area contributed by atoms with E-state index in [0.29, 0.717) is 0 Å². The smallest absolute Gasteiger partial charge is 0.194 e. The summed E-state index contributed by atoms with van der Waals surface area (Å²) in [6.07, 6.45) is 5.59. The highest BCUT2D eigenvalue weighted by atomic mass is 14.9. The minimum Gasteiger partial charge on any atom is -0.194 e. The van der Waals surface area contributed by atoms with E-state index in [4.69, 9.17) is 0 Å². The molecule has 0 spiro atoms. The highest BCUT2D eigenvalue weighted by Gasteiger charge is 2.34. The van der Waals surface area contributed by atoms with Crippen molar-refractivity contribution in [2.45, 2.75) is 51.4 Å². The number of fused-ring (bicyclic) bond motifs is 3. The minimum atomic E-state index is 0.798. The van der Waals surface area contributed by atoms with Gasteiger partial charge in [0.05, 0.1) is 0 Å². The van der Waals surface area contributed by atoms with Crippen molar-refractivity contribution in [3.05, 3.63) is 64.7 Å². The second-order valence-electron chi connectivity index (χ2n) is 8.13. The van der Waals surface area contributed by atoms with Crippen LogP contribution in [0.3, 0.4) is 0 Å². The molecule has 0 unspecified atom stereocenters. The highest BCUT2D eigenvalue weighted by molar-refractivity contribution is 5.81. The van der Waals surface area contributed by atoms with E-state index in [-0.39, 0.29) is 0 Å². The summed E-state index contributed by atoms with van der Waals surface area (Å²) in [4.78, 5) is 0. The molecule has 1 saturated carbocycles. The highest BCUT2D eigenvalue weighted by Crippen LogP contribution is 2.50. The largest absolute Gasteiger partial charge is 0.213 e. The third-order valence-corrected chi connectivity index (χ3v) is 6.74. The minimum absolute atomic E-state index is 0.798. The van der Waals surface area contributed by atoms with Gasteiger partial charge in [-0.2, -0.15) is 4.57 Å². The monoisotopic (exact) mass is 328 g/mol. The number of rotatable bonds is 1. The molecule has 2 aromatic carbocycles. The van der Waals surface area contributed by atoms with Crippen molar-refractivity contribution in [1.29, 1.82) is 0 Å². The van der Waals surface area contributed by atoms with E-state index in [0.717, 1.165) is 11.8 Å². The van der Waals surface area contributed by atoms with Gasteiger partial charge in [-0.05, 0) is 85.8 Å². The number of benzene rings is 2. The Labute approximate surface area is 150 Å². The van der Waals surface area contributed by atoms with E-state index in [9.17, 15) is 0 Å². The predicted octanol–water partition coefficient (Wildman–Crippen LogP) is 5.70. The summed E-state index contributed by atoms with van der Waals surface area (Å²) in [6.45, 7) is 4.49. The van der Waals surface area contributed by atoms with Crippen LogP contribution in [0, 0.1) is 13.8 Å². The first-order chi connectivity index (χ1) is 12.1. The summed E-state index contributed by atoms with van der Waals surface area (Å²) in [5.41, 5.74) is 10.1. The molecule has 25 heavy (non-hydrogen) atoms. The molecule has 3 aliphatic rings. The SMILES string of the molecule is Cc1cc2c(cc1-c1ccc3c(C)cccc3[n+]1C)C1CCC2CC1. The molecule has 0 amide bonds. The van der Waals surface area contributed by atoms with Crippen LogP contribution < -0.4 is 4.57 Å². The molecule has 126 valence electrons.